The molecule has 7 nitrogen and oxygen atoms in total. The molecule has 0 bridgehead atoms. The summed E-state index contributed by atoms with van der Waals surface area (Å²) in [4.78, 5) is 22.5. The van der Waals surface area contributed by atoms with Gasteiger partial charge in [-0.2, -0.15) is 0 Å². The molecule has 2 atom stereocenters. The van der Waals surface area contributed by atoms with Gasteiger partial charge in [0.25, 0.3) is 0 Å². The highest BCUT2D eigenvalue weighted by Gasteiger charge is 2.35. The van der Waals surface area contributed by atoms with Crippen molar-refractivity contribution >= 4 is 27.0 Å². The monoisotopic (exact) mass is 340 g/mol. The minimum Gasteiger partial charge on any atom is -0.466 e. The van der Waals surface area contributed by atoms with E-state index in [0.29, 0.717) is 18.8 Å². The average Bonchev–Trinajstić information content (AvgIpc) is 2.56. The van der Waals surface area contributed by atoms with Crippen LogP contribution < -0.4 is 10.4 Å². The number of hydrogen-bond donors (Lipinski definition) is 4. The zero-order valence-corrected chi connectivity index (χ0v) is 15.0. The molecule has 0 fully saturated rings. The molecule has 4 N–H and O–H groups in total. The van der Waals surface area contributed by atoms with Gasteiger partial charge in [0.05, 0.1) is 6.61 Å². The van der Waals surface area contributed by atoms with Gasteiger partial charge in [-0.05, 0) is 18.8 Å². The maximum Gasteiger partial charge on any atom is 0.393 e. The number of nitrogens with one attached hydrogen (secondary N) is 2. The summed E-state index contributed by atoms with van der Waals surface area (Å²) in [5.74, 6) is -0.0381. The smallest absolute Gasteiger partial charge is 0.393 e. The van der Waals surface area contributed by atoms with Crippen molar-refractivity contribution in [2.24, 2.45) is 5.92 Å². The van der Waals surface area contributed by atoms with Gasteiger partial charge in [0, 0.05) is 0 Å². The van der Waals surface area contributed by atoms with Gasteiger partial charge < -0.3 is 25.2 Å². The van der Waals surface area contributed by atoms with Gasteiger partial charge in [-0.15, -0.1) is 0 Å². The normalized spacial score (nSPS) is 14.5. The van der Waals surface area contributed by atoms with Crippen LogP contribution in [-0.4, -0.2) is 49.5 Å². The fraction of sp³-hybridized carbons (Fsp3) is 0.867. The zero-order valence-electron chi connectivity index (χ0n) is 15.0. The summed E-state index contributed by atoms with van der Waals surface area (Å²) in [5, 5.41) is 23.4. The number of ketones is 1. The first-order valence-corrected chi connectivity index (χ1v) is 8.65. The lowest BCUT2D eigenvalue weighted by molar-refractivity contribution is -0.142. The molecule has 24 heavy (non-hydrogen) atoms. The SMILES string of the molecule is CCCCCC(CC)CC(O)(CC)C(=O)CO[B]N[B]NC(=O)O. The van der Waals surface area contributed by atoms with Gasteiger partial charge in [-0.1, -0.05) is 52.9 Å². The molecule has 0 aromatic rings. The van der Waals surface area contributed by atoms with Gasteiger partial charge in [0.2, 0.25) is 0 Å². The third-order valence-electron chi connectivity index (χ3n) is 4.17. The highest BCUT2D eigenvalue weighted by molar-refractivity contribution is 6.47. The summed E-state index contributed by atoms with van der Waals surface area (Å²) in [6.45, 7) is 5.77. The molecule has 0 aromatic heterocycles. The Hall–Kier alpha value is -1.05. The molecule has 0 aliphatic carbocycles. The summed E-state index contributed by atoms with van der Waals surface area (Å²) >= 11 is 0. The molecule has 0 saturated carbocycles. The third kappa shape index (κ3) is 9.95. The first kappa shape index (κ1) is 22.9. The van der Waals surface area contributed by atoms with Crippen LogP contribution in [0.1, 0.15) is 65.7 Å². The summed E-state index contributed by atoms with van der Waals surface area (Å²) in [7, 11) is 2.15. The summed E-state index contributed by atoms with van der Waals surface area (Å²) in [5.41, 5.74) is -1.37. The van der Waals surface area contributed by atoms with Gasteiger partial charge in [0.1, 0.15) is 5.60 Å². The number of carbonyl (C=O) groups is 2. The first-order valence-electron chi connectivity index (χ1n) is 8.65. The molecule has 0 aliphatic heterocycles. The Bertz CT molecular complexity index is 374. The van der Waals surface area contributed by atoms with Crippen molar-refractivity contribution in [2.45, 2.75) is 71.3 Å². The van der Waals surface area contributed by atoms with E-state index in [2.05, 4.69) is 19.0 Å². The minimum atomic E-state index is -1.37. The van der Waals surface area contributed by atoms with Crippen LogP contribution in [0.4, 0.5) is 4.79 Å². The molecule has 9 heteroatoms. The molecule has 0 rings (SSSR count). The Labute approximate surface area is 146 Å². The molecule has 0 heterocycles. The molecule has 2 unspecified atom stereocenters. The first-order chi connectivity index (χ1) is 11.4. The Kier molecular flexibility index (Phi) is 12.7. The van der Waals surface area contributed by atoms with Crippen molar-refractivity contribution in [3.05, 3.63) is 0 Å². The van der Waals surface area contributed by atoms with Crippen LogP contribution >= 0.6 is 0 Å². The molecule has 0 aliphatic rings. The van der Waals surface area contributed by atoms with Gasteiger partial charge in [-0.25, -0.2) is 4.79 Å². The van der Waals surface area contributed by atoms with Gasteiger partial charge in [-0.3, -0.25) is 4.79 Å². The van der Waals surface area contributed by atoms with E-state index in [1.807, 2.05) is 5.23 Å². The maximum absolute atomic E-state index is 12.3. The van der Waals surface area contributed by atoms with Crippen LogP contribution in [0.15, 0.2) is 0 Å². The molecule has 0 saturated heterocycles. The van der Waals surface area contributed by atoms with Gasteiger partial charge >= 0.3 is 21.3 Å². The zero-order chi connectivity index (χ0) is 18.4. The van der Waals surface area contributed by atoms with E-state index in [9.17, 15) is 14.7 Å². The minimum absolute atomic E-state index is 0.260. The summed E-state index contributed by atoms with van der Waals surface area (Å²) < 4.78 is 5.03. The Morgan fingerprint density at radius 2 is 1.96 bits per heavy atom. The second-order valence-corrected chi connectivity index (χ2v) is 5.97. The van der Waals surface area contributed by atoms with E-state index in [1.54, 1.807) is 6.92 Å². The van der Waals surface area contributed by atoms with E-state index in [-0.39, 0.29) is 12.4 Å². The van der Waals surface area contributed by atoms with Gasteiger partial charge in [0.15, 0.2) is 5.78 Å². The quantitative estimate of drug-likeness (QED) is 0.267. The average molecular weight is 340 g/mol. The van der Waals surface area contributed by atoms with Crippen LogP contribution in [0.2, 0.25) is 0 Å². The van der Waals surface area contributed by atoms with Crippen LogP contribution in [-0.2, 0) is 9.45 Å². The molecule has 0 spiro atoms. The number of rotatable bonds is 15. The number of Topliss-reactive ketones (excluding diaryl/α,β-unsaturated/α-hetero) is 1. The molecule has 0 aromatic carbocycles. The second-order valence-electron chi connectivity index (χ2n) is 5.97. The van der Waals surface area contributed by atoms with E-state index in [0.717, 1.165) is 40.8 Å². The molecule has 136 valence electrons. The second kappa shape index (κ2) is 13.3. The summed E-state index contributed by atoms with van der Waals surface area (Å²) in [6, 6.07) is 0. The van der Waals surface area contributed by atoms with E-state index in [1.165, 1.54) is 6.42 Å². The Morgan fingerprint density at radius 3 is 2.50 bits per heavy atom. The van der Waals surface area contributed by atoms with Crippen LogP contribution in [0, 0.1) is 5.92 Å². The van der Waals surface area contributed by atoms with E-state index in [4.69, 9.17) is 9.76 Å². The fourth-order valence-electron chi connectivity index (χ4n) is 2.50. The van der Waals surface area contributed by atoms with Crippen molar-refractivity contribution in [2.75, 3.05) is 6.61 Å². The number of carbonyl (C=O) groups excluding carboxylic acids is 1. The number of hydrogen-bond acceptors (Lipinski definition) is 5. The van der Waals surface area contributed by atoms with Crippen molar-refractivity contribution in [3.8, 4) is 0 Å². The number of amides is 1. The molecule has 1 amide bonds. The lowest BCUT2D eigenvalue weighted by atomic mass is 9.81. The maximum atomic E-state index is 12.3. The topological polar surface area (TPSA) is 108 Å². The largest absolute Gasteiger partial charge is 0.466 e. The Morgan fingerprint density at radius 1 is 1.25 bits per heavy atom. The van der Waals surface area contributed by atoms with Crippen molar-refractivity contribution < 1.29 is 24.5 Å². The van der Waals surface area contributed by atoms with Crippen LogP contribution in [0.3, 0.4) is 0 Å². The lowest BCUT2D eigenvalue weighted by Gasteiger charge is -2.29. The Balaban J connectivity index is 4.24. The van der Waals surface area contributed by atoms with Crippen molar-refractivity contribution in [1.29, 1.82) is 0 Å². The highest BCUT2D eigenvalue weighted by atomic mass is 16.4. The molecular weight excluding hydrogens is 310 g/mol. The standard InChI is InChI=1S/C15H30B2N2O5/c1-4-7-8-9-12(5-2)10-15(23,6-3)13(20)11-24-17-19-16-18-14(21)22/h12,18-19,23H,4-11H2,1-3H3,(H,21,22). The molecule has 2 radical (unpaired) electrons. The number of unbranched alkanes of at least 4 members (excludes halogenated alkanes) is 2. The van der Waals surface area contributed by atoms with E-state index >= 15 is 0 Å². The van der Waals surface area contributed by atoms with E-state index < -0.39 is 11.7 Å². The summed E-state index contributed by atoms with van der Waals surface area (Å²) in [6.07, 6.45) is 4.97. The number of aliphatic hydroxyl groups is 1. The number of carboxylic acid groups (broad SMARTS) is 1. The van der Waals surface area contributed by atoms with Crippen LogP contribution in [0.25, 0.3) is 0 Å². The molecular formula is C15H30B2N2O5. The van der Waals surface area contributed by atoms with Crippen molar-refractivity contribution in [3.63, 3.8) is 0 Å². The fourth-order valence-corrected chi connectivity index (χ4v) is 2.50. The van der Waals surface area contributed by atoms with Crippen molar-refractivity contribution in [1.82, 2.24) is 10.4 Å². The van der Waals surface area contributed by atoms with Crippen LogP contribution in [0.5, 0.6) is 0 Å². The predicted octanol–water partition coefficient (Wildman–Crippen LogP) is 1.64. The predicted molar refractivity (Wildman–Crippen MR) is 94.5 cm³/mol. The third-order valence-corrected chi connectivity index (χ3v) is 4.17. The highest BCUT2D eigenvalue weighted by Crippen LogP contribution is 2.27. The lowest BCUT2D eigenvalue weighted by Crippen LogP contribution is -2.44.